The Morgan fingerprint density at radius 1 is 1.18 bits per heavy atom. The van der Waals surface area contributed by atoms with Gasteiger partial charge in [0.1, 0.15) is 17.3 Å². The smallest absolute Gasteiger partial charge is 0.330 e. The summed E-state index contributed by atoms with van der Waals surface area (Å²) in [6.45, 7) is 0. The Hall–Kier alpha value is -2.82. The molecule has 0 saturated carbocycles. The molecule has 2 aromatic rings. The number of hydrogen-bond acceptors (Lipinski definition) is 4. The van der Waals surface area contributed by atoms with Crippen LogP contribution in [0, 0.1) is 5.82 Å². The molecule has 0 aromatic heterocycles. The van der Waals surface area contributed by atoms with E-state index in [0.717, 1.165) is 5.69 Å². The molecule has 0 aliphatic heterocycles. The van der Waals surface area contributed by atoms with Crippen molar-refractivity contribution in [3.05, 3.63) is 59.9 Å². The van der Waals surface area contributed by atoms with Crippen LogP contribution in [0.2, 0.25) is 0 Å². The largest absolute Gasteiger partial charge is 0.466 e. The zero-order valence-electron chi connectivity index (χ0n) is 12.3. The number of anilines is 1. The Labute approximate surface area is 128 Å². The fraction of sp³-hybridized carbons (Fsp3) is 0.118. The van der Waals surface area contributed by atoms with Crippen molar-refractivity contribution in [1.82, 2.24) is 0 Å². The van der Waals surface area contributed by atoms with Gasteiger partial charge in [-0.25, -0.2) is 9.18 Å². The first-order valence-electron chi connectivity index (χ1n) is 6.63. The summed E-state index contributed by atoms with van der Waals surface area (Å²) in [4.78, 5) is 11.2. The van der Waals surface area contributed by atoms with E-state index in [1.807, 2.05) is 12.1 Å². The molecule has 22 heavy (non-hydrogen) atoms. The molecule has 0 fully saturated rings. The fourth-order valence-corrected chi connectivity index (χ4v) is 1.78. The molecule has 2 rings (SSSR count). The average Bonchev–Trinajstić information content (AvgIpc) is 2.55. The van der Waals surface area contributed by atoms with Gasteiger partial charge in [0.25, 0.3) is 0 Å². The van der Waals surface area contributed by atoms with Gasteiger partial charge in [-0.05, 0) is 48.5 Å². The van der Waals surface area contributed by atoms with Gasteiger partial charge in [0.2, 0.25) is 0 Å². The third-order valence-electron chi connectivity index (χ3n) is 2.94. The lowest BCUT2D eigenvalue weighted by atomic mass is 10.1. The van der Waals surface area contributed by atoms with E-state index in [-0.39, 0.29) is 5.82 Å². The first-order valence-corrected chi connectivity index (χ1v) is 6.63. The Morgan fingerprint density at radius 3 is 2.55 bits per heavy atom. The average molecular weight is 301 g/mol. The van der Waals surface area contributed by atoms with Gasteiger partial charge in [-0.2, -0.15) is 0 Å². The Bertz CT molecular complexity index is 681. The van der Waals surface area contributed by atoms with Crippen LogP contribution in [0.15, 0.2) is 48.5 Å². The summed E-state index contributed by atoms with van der Waals surface area (Å²) in [6.07, 6.45) is 2.91. The molecule has 0 aliphatic rings. The number of benzene rings is 2. The highest BCUT2D eigenvalue weighted by molar-refractivity contribution is 5.87. The van der Waals surface area contributed by atoms with Crippen LogP contribution in [0.5, 0.6) is 11.5 Å². The second-order valence-electron chi connectivity index (χ2n) is 4.42. The van der Waals surface area contributed by atoms with Gasteiger partial charge in [0.15, 0.2) is 0 Å². The maximum absolute atomic E-state index is 12.9. The Kier molecular flexibility index (Phi) is 5.14. The van der Waals surface area contributed by atoms with E-state index in [4.69, 9.17) is 4.74 Å². The molecule has 0 saturated heterocycles. The lowest BCUT2D eigenvalue weighted by molar-refractivity contribution is -0.134. The van der Waals surface area contributed by atoms with E-state index in [1.165, 1.54) is 37.5 Å². The minimum Gasteiger partial charge on any atom is -0.466 e. The first-order chi connectivity index (χ1) is 10.6. The van der Waals surface area contributed by atoms with Gasteiger partial charge in [0.05, 0.1) is 7.11 Å². The summed E-state index contributed by atoms with van der Waals surface area (Å²) < 4.78 is 23.2. The summed E-state index contributed by atoms with van der Waals surface area (Å²) in [7, 11) is 3.11. The summed E-state index contributed by atoms with van der Waals surface area (Å²) in [6, 6.07) is 11.2. The van der Waals surface area contributed by atoms with Crippen molar-refractivity contribution in [1.29, 1.82) is 0 Å². The van der Waals surface area contributed by atoms with Gasteiger partial charge in [-0.15, -0.1) is 0 Å². The van der Waals surface area contributed by atoms with Gasteiger partial charge < -0.3 is 14.8 Å². The number of carbonyl (C=O) groups excluding carboxylic acids is 1. The third kappa shape index (κ3) is 4.09. The number of nitrogens with one attached hydrogen (secondary N) is 1. The first kappa shape index (κ1) is 15.6. The van der Waals surface area contributed by atoms with Crippen molar-refractivity contribution in [2.45, 2.75) is 0 Å². The van der Waals surface area contributed by atoms with Gasteiger partial charge in [0, 0.05) is 24.4 Å². The number of carbonyl (C=O) groups is 1. The molecule has 4 nitrogen and oxygen atoms in total. The molecule has 0 radical (unpaired) electrons. The van der Waals surface area contributed by atoms with Crippen molar-refractivity contribution in [2.24, 2.45) is 0 Å². The molecule has 1 N–H and O–H groups in total. The SMILES string of the molecule is CNc1ccc(Oc2ccc(F)cc2)c(C=CC(=O)OC)c1. The minimum absolute atomic E-state index is 0.330. The standard InChI is InChI=1S/C17H16FNO3/c1-19-14-6-9-16(12(11-14)3-10-17(20)21-2)22-15-7-4-13(18)5-8-15/h3-11,19H,1-2H3. The Balaban J connectivity index is 2.30. The van der Waals surface area contributed by atoms with Crippen LogP contribution in [-0.2, 0) is 9.53 Å². The molecule has 0 amide bonds. The monoisotopic (exact) mass is 301 g/mol. The minimum atomic E-state index is -0.456. The van der Waals surface area contributed by atoms with Gasteiger partial charge >= 0.3 is 5.97 Å². The quantitative estimate of drug-likeness (QED) is 0.673. The molecule has 0 bridgehead atoms. The molecule has 0 atom stereocenters. The molecule has 5 heteroatoms. The molecular weight excluding hydrogens is 285 g/mol. The third-order valence-corrected chi connectivity index (χ3v) is 2.94. The zero-order valence-corrected chi connectivity index (χ0v) is 12.3. The zero-order chi connectivity index (χ0) is 15.9. The van der Waals surface area contributed by atoms with E-state index in [1.54, 1.807) is 19.2 Å². The predicted molar refractivity (Wildman–Crippen MR) is 83.5 cm³/mol. The summed E-state index contributed by atoms with van der Waals surface area (Å²) in [5.74, 6) is 0.267. The molecular formula is C17H16FNO3. The molecule has 114 valence electrons. The highest BCUT2D eigenvalue weighted by Gasteiger charge is 2.05. The normalized spacial score (nSPS) is 10.5. The van der Waals surface area contributed by atoms with Crippen molar-refractivity contribution < 1.29 is 18.7 Å². The molecule has 2 aromatic carbocycles. The van der Waals surface area contributed by atoms with E-state index in [0.29, 0.717) is 17.1 Å². The van der Waals surface area contributed by atoms with E-state index in [2.05, 4.69) is 10.1 Å². The van der Waals surface area contributed by atoms with Crippen LogP contribution < -0.4 is 10.1 Å². The van der Waals surface area contributed by atoms with Crippen LogP contribution in [0.1, 0.15) is 5.56 Å². The molecule has 0 heterocycles. The van der Waals surface area contributed by atoms with Crippen molar-refractivity contribution in [3.63, 3.8) is 0 Å². The van der Waals surface area contributed by atoms with Crippen molar-refractivity contribution >= 4 is 17.7 Å². The maximum atomic E-state index is 12.9. The molecule has 0 aliphatic carbocycles. The summed E-state index contributed by atoms with van der Waals surface area (Å²) in [5, 5.41) is 3.01. The summed E-state index contributed by atoms with van der Waals surface area (Å²) >= 11 is 0. The van der Waals surface area contributed by atoms with Crippen LogP contribution in [-0.4, -0.2) is 20.1 Å². The fourth-order valence-electron chi connectivity index (χ4n) is 1.78. The van der Waals surface area contributed by atoms with E-state index >= 15 is 0 Å². The van der Waals surface area contributed by atoms with E-state index in [9.17, 15) is 9.18 Å². The lowest BCUT2D eigenvalue weighted by Crippen LogP contribution is -1.95. The van der Waals surface area contributed by atoms with Crippen LogP contribution in [0.25, 0.3) is 6.08 Å². The number of halogens is 1. The van der Waals surface area contributed by atoms with E-state index < -0.39 is 5.97 Å². The lowest BCUT2D eigenvalue weighted by Gasteiger charge is -2.11. The van der Waals surface area contributed by atoms with Gasteiger partial charge in [-0.3, -0.25) is 0 Å². The number of ether oxygens (including phenoxy) is 2. The highest BCUT2D eigenvalue weighted by atomic mass is 19.1. The van der Waals surface area contributed by atoms with Crippen molar-refractivity contribution in [3.8, 4) is 11.5 Å². The van der Waals surface area contributed by atoms with Crippen LogP contribution in [0.3, 0.4) is 0 Å². The number of hydrogen-bond donors (Lipinski definition) is 1. The summed E-state index contributed by atoms with van der Waals surface area (Å²) in [5.41, 5.74) is 1.57. The van der Waals surface area contributed by atoms with Gasteiger partial charge in [-0.1, -0.05) is 0 Å². The maximum Gasteiger partial charge on any atom is 0.330 e. The highest BCUT2D eigenvalue weighted by Crippen LogP contribution is 2.29. The number of methoxy groups -OCH3 is 1. The molecule has 0 unspecified atom stereocenters. The van der Waals surface area contributed by atoms with Crippen LogP contribution in [0.4, 0.5) is 10.1 Å². The van der Waals surface area contributed by atoms with Crippen molar-refractivity contribution in [2.75, 3.05) is 19.5 Å². The number of esters is 1. The Morgan fingerprint density at radius 2 is 1.91 bits per heavy atom. The predicted octanol–water partition coefficient (Wildman–Crippen LogP) is 3.85. The molecule has 0 spiro atoms. The second-order valence-corrected chi connectivity index (χ2v) is 4.42. The topological polar surface area (TPSA) is 47.6 Å². The second kappa shape index (κ2) is 7.26. The van der Waals surface area contributed by atoms with Crippen LogP contribution >= 0.6 is 0 Å². The number of rotatable bonds is 5.